The minimum Gasteiger partial charge on any atom is -0.478 e. The monoisotopic (exact) mass is 442 g/mol. The molecule has 166 valence electrons. The lowest BCUT2D eigenvalue weighted by Gasteiger charge is -2.12. The summed E-state index contributed by atoms with van der Waals surface area (Å²) >= 11 is 0. The molecule has 0 radical (unpaired) electrons. The first kappa shape index (κ1) is 21.7. The average Bonchev–Trinajstić information content (AvgIpc) is 2.82. The van der Waals surface area contributed by atoms with Crippen LogP contribution in [0.25, 0.3) is 10.9 Å². The molecule has 0 aliphatic heterocycles. The van der Waals surface area contributed by atoms with E-state index in [0.717, 1.165) is 11.4 Å². The number of carbonyl (C=O) groups excluding carboxylic acids is 1. The molecule has 0 fully saturated rings. The van der Waals surface area contributed by atoms with E-state index in [9.17, 15) is 14.7 Å². The zero-order chi connectivity index (χ0) is 23.4. The van der Waals surface area contributed by atoms with Gasteiger partial charge >= 0.3 is 5.97 Å². The maximum atomic E-state index is 12.6. The number of aromatic nitrogens is 3. The summed E-state index contributed by atoms with van der Waals surface area (Å²) in [5, 5.41) is 16.1. The van der Waals surface area contributed by atoms with Crippen molar-refractivity contribution in [3.63, 3.8) is 0 Å². The number of aromatic carboxylic acids is 1. The van der Waals surface area contributed by atoms with Gasteiger partial charge in [-0.15, -0.1) is 0 Å². The van der Waals surface area contributed by atoms with Gasteiger partial charge in [0.15, 0.2) is 0 Å². The number of fused-ring (bicyclic) bond motifs is 1. The van der Waals surface area contributed by atoms with Gasteiger partial charge in [-0.25, -0.2) is 19.7 Å². The highest BCUT2D eigenvalue weighted by Gasteiger charge is 2.12. The van der Waals surface area contributed by atoms with E-state index in [2.05, 4.69) is 25.6 Å². The third kappa shape index (κ3) is 4.87. The standard InChI is InChI=1S/C24H22N6O3/c1-30(2)20-10-9-16(13-25-20)23(31)29-17-6-3-5-15(11-17)12-26-22-18-7-4-8-19(24(32)33)21(18)27-14-28-22/h3-11,13-14H,12H2,1-2H3,(H,29,31)(H,32,33)(H,26,27,28). The molecular formula is C24H22N6O3. The third-order valence-electron chi connectivity index (χ3n) is 5.01. The Bertz CT molecular complexity index is 1320. The summed E-state index contributed by atoms with van der Waals surface area (Å²) in [6, 6.07) is 15.9. The first-order valence-corrected chi connectivity index (χ1v) is 10.2. The van der Waals surface area contributed by atoms with E-state index in [1.807, 2.05) is 43.3 Å². The molecule has 2 aromatic carbocycles. The minimum absolute atomic E-state index is 0.121. The van der Waals surface area contributed by atoms with Gasteiger partial charge in [-0.2, -0.15) is 0 Å². The van der Waals surface area contributed by atoms with E-state index in [1.54, 1.807) is 30.5 Å². The van der Waals surface area contributed by atoms with Crippen molar-refractivity contribution in [2.75, 3.05) is 29.6 Å². The van der Waals surface area contributed by atoms with Crippen molar-refractivity contribution in [1.82, 2.24) is 15.0 Å². The molecule has 2 aromatic heterocycles. The van der Waals surface area contributed by atoms with E-state index >= 15 is 0 Å². The first-order valence-electron chi connectivity index (χ1n) is 10.2. The fraction of sp³-hybridized carbons (Fsp3) is 0.125. The van der Waals surface area contributed by atoms with Crippen molar-refractivity contribution in [2.45, 2.75) is 6.54 Å². The summed E-state index contributed by atoms with van der Waals surface area (Å²) in [7, 11) is 3.77. The summed E-state index contributed by atoms with van der Waals surface area (Å²) in [4.78, 5) is 38.5. The summed E-state index contributed by atoms with van der Waals surface area (Å²) < 4.78 is 0. The lowest BCUT2D eigenvalue weighted by Crippen LogP contribution is -2.14. The molecule has 3 N–H and O–H groups in total. The van der Waals surface area contributed by atoms with Crippen molar-refractivity contribution >= 4 is 40.1 Å². The largest absolute Gasteiger partial charge is 0.478 e. The van der Waals surface area contributed by atoms with Gasteiger partial charge in [0.2, 0.25) is 0 Å². The van der Waals surface area contributed by atoms with E-state index in [1.165, 1.54) is 12.4 Å². The summed E-state index contributed by atoms with van der Waals surface area (Å²) in [6.45, 7) is 0.423. The smallest absolute Gasteiger partial charge is 0.337 e. The molecular weight excluding hydrogens is 420 g/mol. The average molecular weight is 442 g/mol. The highest BCUT2D eigenvalue weighted by Crippen LogP contribution is 2.23. The van der Waals surface area contributed by atoms with Crippen LogP contribution in [0.15, 0.2) is 67.1 Å². The third-order valence-corrected chi connectivity index (χ3v) is 5.01. The van der Waals surface area contributed by atoms with Crippen molar-refractivity contribution in [2.24, 2.45) is 0 Å². The molecule has 33 heavy (non-hydrogen) atoms. The summed E-state index contributed by atoms with van der Waals surface area (Å²) in [5.41, 5.74) is 2.52. The van der Waals surface area contributed by atoms with Crippen LogP contribution < -0.4 is 15.5 Å². The molecule has 2 heterocycles. The zero-order valence-electron chi connectivity index (χ0n) is 18.1. The summed E-state index contributed by atoms with van der Waals surface area (Å²) in [5.74, 6) is 0.0121. The fourth-order valence-corrected chi connectivity index (χ4v) is 3.33. The van der Waals surface area contributed by atoms with Crippen molar-refractivity contribution in [1.29, 1.82) is 0 Å². The molecule has 0 aliphatic carbocycles. The number of carboxylic acids is 1. The molecule has 9 heteroatoms. The van der Waals surface area contributed by atoms with Crippen LogP contribution in [0.1, 0.15) is 26.3 Å². The van der Waals surface area contributed by atoms with Crippen LogP contribution in [0.4, 0.5) is 17.3 Å². The number of hydrogen-bond acceptors (Lipinski definition) is 7. The molecule has 1 amide bonds. The van der Waals surface area contributed by atoms with Gasteiger partial charge in [0, 0.05) is 37.9 Å². The van der Waals surface area contributed by atoms with Crippen molar-refractivity contribution in [3.05, 3.63) is 83.8 Å². The predicted molar refractivity (Wildman–Crippen MR) is 127 cm³/mol. The Morgan fingerprint density at radius 2 is 1.82 bits per heavy atom. The Labute approximate surface area is 190 Å². The quantitative estimate of drug-likeness (QED) is 0.397. The van der Waals surface area contributed by atoms with Gasteiger partial charge in [0.05, 0.1) is 16.6 Å². The maximum absolute atomic E-state index is 12.6. The van der Waals surface area contributed by atoms with Crippen LogP contribution in [0.3, 0.4) is 0 Å². The Balaban J connectivity index is 1.47. The zero-order valence-corrected chi connectivity index (χ0v) is 18.1. The molecule has 0 bridgehead atoms. The number of benzene rings is 2. The number of amides is 1. The van der Waals surface area contributed by atoms with E-state index < -0.39 is 5.97 Å². The summed E-state index contributed by atoms with van der Waals surface area (Å²) in [6.07, 6.45) is 2.88. The minimum atomic E-state index is -1.04. The Kier molecular flexibility index (Phi) is 6.12. The van der Waals surface area contributed by atoms with Crippen LogP contribution in [0.5, 0.6) is 0 Å². The second-order valence-electron chi connectivity index (χ2n) is 7.54. The molecule has 4 aromatic rings. The highest BCUT2D eigenvalue weighted by molar-refractivity contribution is 6.05. The second kappa shape index (κ2) is 9.31. The molecule has 0 aliphatic rings. The first-order chi connectivity index (χ1) is 15.9. The van der Waals surface area contributed by atoms with Gasteiger partial charge in [-0.3, -0.25) is 4.79 Å². The Morgan fingerprint density at radius 3 is 2.55 bits per heavy atom. The lowest BCUT2D eigenvalue weighted by atomic mass is 10.1. The van der Waals surface area contributed by atoms with Gasteiger partial charge in [0.25, 0.3) is 5.91 Å². The van der Waals surface area contributed by atoms with Crippen LogP contribution >= 0.6 is 0 Å². The van der Waals surface area contributed by atoms with E-state index in [4.69, 9.17) is 0 Å². The number of nitrogens with zero attached hydrogens (tertiary/aromatic N) is 4. The fourth-order valence-electron chi connectivity index (χ4n) is 3.33. The molecule has 0 saturated heterocycles. The van der Waals surface area contributed by atoms with E-state index in [0.29, 0.717) is 34.5 Å². The van der Waals surface area contributed by atoms with Crippen LogP contribution in [0, 0.1) is 0 Å². The van der Waals surface area contributed by atoms with Crippen LogP contribution in [-0.4, -0.2) is 46.0 Å². The predicted octanol–water partition coefficient (Wildman–Crippen LogP) is 3.65. The van der Waals surface area contributed by atoms with Crippen LogP contribution in [-0.2, 0) is 6.54 Å². The molecule has 0 saturated carbocycles. The Morgan fingerprint density at radius 1 is 1.00 bits per heavy atom. The SMILES string of the molecule is CN(C)c1ccc(C(=O)Nc2cccc(CNc3ncnc4c(C(=O)O)cccc34)c2)cn1. The maximum Gasteiger partial charge on any atom is 0.337 e. The number of rotatable bonds is 7. The number of nitrogens with one attached hydrogen (secondary N) is 2. The lowest BCUT2D eigenvalue weighted by molar-refractivity contribution is 0.0698. The number of anilines is 3. The number of hydrogen-bond donors (Lipinski definition) is 3. The number of carbonyl (C=O) groups is 2. The van der Waals surface area contributed by atoms with Crippen molar-refractivity contribution < 1.29 is 14.7 Å². The molecule has 0 spiro atoms. The van der Waals surface area contributed by atoms with E-state index in [-0.39, 0.29) is 11.5 Å². The van der Waals surface area contributed by atoms with Gasteiger partial charge < -0.3 is 20.6 Å². The highest BCUT2D eigenvalue weighted by atomic mass is 16.4. The van der Waals surface area contributed by atoms with Crippen molar-refractivity contribution in [3.8, 4) is 0 Å². The topological polar surface area (TPSA) is 120 Å². The number of pyridine rings is 1. The molecule has 9 nitrogen and oxygen atoms in total. The number of carboxylic acid groups (broad SMARTS) is 1. The molecule has 4 rings (SSSR count). The molecule has 0 atom stereocenters. The van der Waals surface area contributed by atoms with Gasteiger partial charge in [-0.1, -0.05) is 18.2 Å². The van der Waals surface area contributed by atoms with Gasteiger partial charge in [0.1, 0.15) is 18.0 Å². The Hall–Kier alpha value is -4.53. The second-order valence-corrected chi connectivity index (χ2v) is 7.54. The van der Waals surface area contributed by atoms with Crippen LogP contribution in [0.2, 0.25) is 0 Å². The number of para-hydroxylation sites is 1. The molecule has 0 unspecified atom stereocenters. The normalized spacial score (nSPS) is 10.6. The van der Waals surface area contributed by atoms with Gasteiger partial charge in [-0.05, 0) is 42.0 Å².